The zero-order valence-electron chi connectivity index (χ0n) is 21.5. The van der Waals surface area contributed by atoms with Crippen molar-refractivity contribution in [2.75, 3.05) is 40.5 Å². The molecule has 4 rings (SSSR count). The molecule has 2 aromatic carbocycles. The predicted octanol–water partition coefficient (Wildman–Crippen LogP) is 3.16. The standard InChI is InChI=1S/C27H36N2O6S/c1-19-8-9-20(2)24(14-19)27(30)29-16-25(33-4)26(17-29)35-23-7-5-6-21(15-23)18-36(31,32)28(3)22-10-12-34-13-11-22/h5-9,14-15,22,25-26H,10-13,16-18H2,1-4H3/t25-,26-/m1/s1. The van der Waals surface area contributed by atoms with Gasteiger partial charge in [-0.25, -0.2) is 12.7 Å². The lowest BCUT2D eigenvalue weighted by atomic mass is 10.0. The molecular formula is C27H36N2O6S. The van der Waals surface area contributed by atoms with E-state index in [1.165, 1.54) is 4.31 Å². The molecule has 196 valence electrons. The fourth-order valence-electron chi connectivity index (χ4n) is 4.86. The van der Waals surface area contributed by atoms with Gasteiger partial charge in [0.05, 0.1) is 18.8 Å². The Hall–Kier alpha value is -2.46. The summed E-state index contributed by atoms with van der Waals surface area (Å²) >= 11 is 0. The molecule has 2 saturated heterocycles. The highest BCUT2D eigenvalue weighted by molar-refractivity contribution is 7.88. The van der Waals surface area contributed by atoms with Gasteiger partial charge in [-0.05, 0) is 56.0 Å². The molecule has 0 saturated carbocycles. The van der Waals surface area contributed by atoms with Crippen molar-refractivity contribution >= 4 is 15.9 Å². The van der Waals surface area contributed by atoms with Crippen LogP contribution in [-0.4, -0.2) is 82.2 Å². The number of nitrogens with zero attached hydrogens (tertiary/aromatic N) is 2. The lowest BCUT2D eigenvalue weighted by molar-refractivity contribution is 0.0339. The maximum absolute atomic E-state index is 13.2. The second-order valence-corrected chi connectivity index (χ2v) is 11.8. The number of sulfonamides is 1. The Morgan fingerprint density at radius 3 is 2.53 bits per heavy atom. The Labute approximate surface area is 214 Å². The van der Waals surface area contributed by atoms with Gasteiger partial charge < -0.3 is 19.1 Å². The Kier molecular flexibility index (Phi) is 8.34. The molecule has 9 heteroatoms. The van der Waals surface area contributed by atoms with Crippen molar-refractivity contribution in [3.8, 4) is 5.75 Å². The van der Waals surface area contributed by atoms with Gasteiger partial charge in [-0.15, -0.1) is 0 Å². The molecule has 36 heavy (non-hydrogen) atoms. The number of hydrogen-bond donors (Lipinski definition) is 0. The van der Waals surface area contributed by atoms with E-state index in [1.807, 2.05) is 32.0 Å². The fraction of sp³-hybridized carbons (Fsp3) is 0.519. The Morgan fingerprint density at radius 2 is 1.81 bits per heavy atom. The number of benzene rings is 2. The van der Waals surface area contributed by atoms with Crippen molar-refractivity contribution in [1.82, 2.24) is 9.21 Å². The van der Waals surface area contributed by atoms with Crippen molar-refractivity contribution in [1.29, 1.82) is 0 Å². The molecule has 2 heterocycles. The van der Waals surface area contributed by atoms with E-state index in [2.05, 4.69) is 0 Å². The van der Waals surface area contributed by atoms with Gasteiger partial charge in [0.25, 0.3) is 5.91 Å². The summed E-state index contributed by atoms with van der Waals surface area (Å²) in [6.45, 7) is 5.89. The summed E-state index contributed by atoms with van der Waals surface area (Å²) in [7, 11) is -0.225. The van der Waals surface area contributed by atoms with Crippen LogP contribution < -0.4 is 4.74 Å². The molecule has 0 unspecified atom stereocenters. The number of rotatable bonds is 8. The van der Waals surface area contributed by atoms with Gasteiger partial charge in [-0.1, -0.05) is 29.8 Å². The quantitative estimate of drug-likeness (QED) is 0.536. The first-order chi connectivity index (χ1) is 17.2. The van der Waals surface area contributed by atoms with E-state index in [1.54, 1.807) is 43.3 Å². The van der Waals surface area contributed by atoms with Crippen molar-refractivity contribution in [2.24, 2.45) is 0 Å². The minimum atomic E-state index is -3.49. The van der Waals surface area contributed by atoms with Crippen molar-refractivity contribution < 1.29 is 27.4 Å². The average Bonchev–Trinajstić information content (AvgIpc) is 3.27. The molecular weight excluding hydrogens is 480 g/mol. The minimum Gasteiger partial charge on any atom is -0.486 e. The molecule has 0 N–H and O–H groups in total. The number of likely N-dealkylation sites (tertiary alicyclic amines) is 1. The maximum atomic E-state index is 13.2. The third-order valence-corrected chi connectivity index (χ3v) is 8.98. The van der Waals surface area contributed by atoms with Gasteiger partial charge in [0.2, 0.25) is 10.0 Å². The second-order valence-electron chi connectivity index (χ2n) is 9.72. The topological polar surface area (TPSA) is 85.4 Å². The molecule has 0 aliphatic carbocycles. The lowest BCUT2D eigenvalue weighted by Gasteiger charge is -2.30. The number of ether oxygens (including phenoxy) is 3. The molecule has 0 aromatic heterocycles. The molecule has 0 spiro atoms. The third-order valence-electron chi connectivity index (χ3n) is 7.11. The van der Waals surface area contributed by atoms with E-state index in [9.17, 15) is 13.2 Å². The van der Waals surface area contributed by atoms with Gasteiger partial charge >= 0.3 is 0 Å². The molecule has 0 radical (unpaired) electrons. The van der Waals surface area contributed by atoms with E-state index in [4.69, 9.17) is 14.2 Å². The highest BCUT2D eigenvalue weighted by atomic mass is 32.2. The van der Waals surface area contributed by atoms with Gasteiger partial charge in [0.15, 0.2) is 0 Å². The molecule has 2 aliphatic rings. The van der Waals surface area contributed by atoms with Crippen LogP contribution in [0.3, 0.4) is 0 Å². The first kappa shape index (κ1) is 26.6. The van der Waals surface area contributed by atoms with E-state index < -0.39 is 10.0 Å². The van der Waals surface area contributed by atoms with Crippen molar-refractivity contribution in [3.63, 3.8) is 0 Å². The zero-order valence-corrected chi connectivity index (χ0v) is 22.3. The minimum absolute atomic E-state index is 0.0373. The number of carbonyl (C=O) groups is 1. The fourth-order valence-corrected chi connectivity index (χ4v) is 6.33. The van der Waals surface area contributed by atoms with E-state index >= 15 is 0 Å². The number of hydrogen-bond acceptors (Lipinski definition) is 6. The Morgan fingerprint density at radius 1 is 1.08 bits per heavy atom. The second kappa shape index (κ2) is 11.3. The van der Waals surface area contributed by atoms with Crippen LogP contribution in [0.4, 0.5) is 0 Å². The number of methoxy groups -OCH3 is 1. The van der Waals surface area contributed by atoms with Crippen molar-refractivity contribution in [2.45, 2.75) is 50.7 Å². The monoisotopic (exact) mass is 516 g/mol. The Bertz CT molecular complexity index is 1180. The van der Waals surface area contributed by atoms with Crippen LogP contribution in [0.15, 0.2) is 42.5 Å². The normalized spacial score (nSPS) is 21.2. The molecule has 2 aromatic rings. The lowest BCUT2D eigenvalue weighted by Crippen LogP contribution is -2.41. The highest BCUT2D eigenvalue weighted by Gasteiger charge is 2.38. The number of carbonyl (C=O) groups excluding carboxylic acids is 1. The van der Waals surface area contributed by atoms with Crippen molar-refractivity contribution in [3.05, 3.63) is 64.7 Å². The Balaban J connectivity index is 1.43. The van der Waals surface area contributed by atoms with Gasteiger partial charge in [0, 0.05) is 39.0 Å². The van der Waals surface area contributed by atoms with Crippen LogP contribution in [0.5, 0.6) is 5.75 Å². The largest absolute Gasteiger partial charge is 0.486 e. The summed E-state index contributed by atoms with van der Waals surface area (Å²) in [5.41, 5.74) is 3.31. The molecule has 1 amide bonds. The molecule has 2 atom stereocenters. The van der Waals surface area contributed by atoms with Crippen LogP contribution in [0.25, 0.3) is 0 Å². The number of amides is 1. The van der Waals surface area contributed by atoms with E-state index in [0.717, 1.165) is 11.1 Å². The predicted molar refractivity (Wildman–Crippen MR) is 138 cm³/mol. The molecule has 8 nitrogen and oxygen atoms in total. The SMILES string of the molecule is CO[C@@H]1CN(C(=O)c2cc(C)ccc2C)C[C@H]1Oc1cccc(CS(=O)(=O)N(C)C2CCOCC2)c1. The summed E-state index contributed by atoms with van der Waals surface area (Å²) < 4.78 is 44.8. The summed E-state index contributed by atoms with van der Waals surface area (Å²) in [5, 5.41) is 0. The first-order valence-corrected chi connectivity index (χ1v) is 14.0. The summed E-state index contributed by atoms with van der Waals surface area (Å²) in [5.74, 6) is 0.415. The number of aryl methyl sites for hydroxylation is 2. The molecule has 0 bridgehead atoms. The van der Waals surface area contributed by atoms with Gasteiger partial charge in [0.1, 0.15) is 18.0 Å². The maximum Gasteiger partial charge on any atom is 0.254 e. The van der Waals surface area contributed by atoms with Crippen LogP contribution in [0.1, 0.15) is 39.9 Å². The summed E-state index contributed by atoms with van der Waals surface area (Å²) in [6.07, 6.45) is 0.763. The smallest absolute Gasteiger partial charge is 0.254 e. The van der Waals surface area contributed by atoms with Crippen LogP contribution in [-0.2, 0) is 25.2 Å². The highest BCUT2D eigenvalue weighted by Crippen LogP contribution is 2.25. The third kappa shape index (κ3) is 6.08. The molecule has 2 fully saturated rings. The van der Waals surface area contributed by atoms with Crippen LogP contribution >= 0.6 is 0 Å². The summed E-state index contributed by atoms with van der Waals surface area (Å²) in [6, 6.07) is 13.0. The molecule has 2 aliphatic heterocycles. The van der Waals surface area contributed by atoms with Crippen LogP contribution in [0, 0.1) is 13.8 Å². The van der Waals surface area contributed by atoms with Gasteiger partial charge in [-0.2, -0.15) is 0 Å². The summed E-state index contributed by atoms with van der Waals surface area (Å²) in [4.78, 5) is 15.0. The van der Waals surface area contributed by atoms with E-state index in [-0.39, 0.29) is 29.9 Å². The van der Waals surface area contributed by atoms with E-state index in [0.29, 0.717) is 56.0 Å². The zero-order chi connectivity index (χ0) is 25.9. The van der Waals surface area contributed by atoms with Gasteiger partial charge in [-0.3, -0.25) is 4.79 Å². The first-order valence-electron chi connectivity index (χ1n) is 12.4. The van der Waals surface area contributed by atoms with Crippen LogP contribution in [0.2, 0.25) is 0 Å². The average molecular weight is 517 g/mol.